The maximum Gasteiger partial charge on any atom is 0.264 e. The summed E-state index contributed by atoms with van der Waals surface area (Å²) in [6.07, 6.45) is 1.80. The largest absolute Gasteiger partial charge is 0.335 e. The zero-order valence-electron chi connectivity index (χ0n) is 15.5. The molecule has 0 atom stereocenters. The van der Waals surface area contributed by atoms with Crippen molar-refractivity contribution in [1.29, 1.82) is 0 Å². The molecule has 4 rings (SSSR count). The highest BCUT2D eigenvalue weighted by molar-refractivity contribution is 7.92. The van der Waals surface area contributed by atoms with Gasteiger partial charge >= 0.3 is 0 Å². The second-order valence-corrected chi connectivity index (χ2v) is 9.84. The first-order valence-electron chi connectivity index (χ1n) is 9.07. The Morgan fingerprint density at radius 2 is 1.64 bits per heavy atom. The molecule has 0 saturated carbocycles. The lowest BCUT2D eigenvalue weighted by Gasteiger charge is -2.34. The summed E-state index contributed by atoms with van der Waals surface area (Å²) in [6.45, 7) is 2.41. The van der Waals surface area contributed by atoms with E-state index in [1.54, 1.807) is 28.0 Å². The third kappa shape index (κ3) is 3.51. The fourth-order valence-electron chi connectivity index (χ4n) is 3.70. The van der Waals surface area contributed by atoms with E-state index in [0.29, 0.717) is 55.3 Å². The van der Waals surface area contributed by atoms with Crippen LogP contribution in [0.2, 0.25) is 0 Å². The van der Waals surface area contributed by atoms with Crippen LogP contribution in [-0.2, 0) is 16.4 Å². The summed E-state index contributed by atoms with van der Waals surface area (Å²) < 4.78 is 25.1. The van der Waals surface area contributed by atoms with E-state index in [9.17, 15) is 18.0 Å². The van der Waals surface area contributed by atoms with Gasteiger partial charge < -0.3 is 9.80 Å². The highest BCUT2D eigenvalue weighted by Crippen LogP contribution is 2.31. The first-order chi connectivity index (χ1) is 13.3. The third-order valence-electron chi connectivity index (χ3n) is 5.17. The van der Waals surface area contributed by atoms with Crippen molar-refractivity contribution in [2.75, 3.05) is 43.3 Å². The van der Waals surface area contributed by atoms with Crippen molar-refractivity contribution in [2.24, 2.45) is 0 Å². The van der Waals surface area contributed by atoms with Crippen LogP contribution in [0.3, 0.4) is 0 Å². The van der Waals surface area contributed by atoms with Crippen LogP contribution >= 0.6 is 11.3 Å². The first-order valence-corrected chi connectivity index (χ1v) is 11.8. The van der Waals surface area contributed by atoms with Crippen molar-refractivity contribution < 1.29 is 18.0 Å². The van der Waals surface area contributed by atoms with E-state index in [2.05, 4.69) is 0 Å². The Balaban J connectivity index is 1.43. The number of thiophene rings is 1. The molecule has 2 amide bonds. The molecule has 0 unspecified atom stereocenters. The number of hydrogen-bond donors (Lipinski definition) is 0. The zero-order valence-corrected chi connectivity index (χ0v) is 17.1. The van der Waals surface area contributed by atoms with Crippen LogP contribution < -0.4 is 4.31 Å². The summed E-state index contributed by atoms with van der Waals surface area (Å²) in [7, 11) is -3.30. The summed E-state index contributed by atoms with van der Waals surface area (Å²) in [6, 6.07) is 8.87. The predicted molar refractivity (Wildman–Crippen MR) is 108 cm³/mol. The summed E-state index contributed by atoms with van der Waals surface area (Å²) in [5, 5.41) is 1.88. The number of piperazine rings is 1. The van der Waals surface area contributed by atoms with E-state index in [1.807, 2.05) is 17.5 Å². The second kappa shape index (κ2) is 7.21. The van der Waals surface area contributed by atoms with E-state index >= 15 is 0 Å². The van der Waals surface area contributed by atoms with Crippen molar-refractivity contribution >= 4 is 38.9 Å². The number of nitrogens with zero attached hydrogens (tertiary/aromatic N) is 3. The Kier molecular flexibility index (Phi) is 4.88. The third-order valence-corrected chi connectivity index (χ3v) is 7.20. The molecule has 2 aromatic rings. The highest BCUT2D eigenvalue weighted by atomic mass is 32.2. The van der Waals surface area contributed by atoms with Gasteiger partial charge in [-0.25, -0.2) is 8.42 Å². The minimum Gasteiger partial charge on any atom is -0.335 e. The van der Waals surface area contributed by atoms with Gasteiger partial charge in [0.25, 0.3) is 11.8 Å². The minimum atomic E-state index is -3.30. The molecule has 2 aliphatic rings. The average Bonchev–Trinajstić information content (AvgIpc) is 3.35. The monoisotopic (exact) mass is 419 g/mol. The fraction of sp³-hybridized carbons (Fsp3) is 0.368. The second-order valence-electron chi connectivity index (χ2n) is 6.99. The number of carbonyl (C=O) groups is 2. The number of sulfonamides is 1. The van der Waals surface area contributed by atoms with Crippen LogP contribution in [-0.4, -0.2) is 69.0 Å². The Morgan fingerprint density at radius 3 is 2.25 bits per heavy atom. The molecule has 0 spiro atoms. The van der Waals surface area contributed by atoms with Gasteiger partial charge in [0.15, 0.2) is 0 Å². The molecule has 0 aliphatic carbocycles. The molecule has 0 N–H and O–H groups in total. The van der Waals surface area contributed by atoms with E-state index in [1.165, 1.54) is 21.9 Å². The van der Waals surface area contributed by atoms with Crippen LogP contribution in [0.4, 0.5) is 5.69 Å². The first kappa shape index (κ1) is 18.9. The summed E-state index contributed by atoms with van der Waals surface area (Å²) >= 11 is 1.42. The molecular formula is C19H21N3O4S2. The molecule has 1 aromatic carbocycles. The van der Waals surface area contributed by atoms with Gasteiger partial charge in [0.1, 0.15) is 0 Å². The molecule has 1 fully saturated rings. The standard InChI is InChI=1S/C19H21N3O4S2/c1-28(25,26)22-7-6-14-13-15(4-5-16(14)22)18(23)20-8-10-21(11-9-20)19(24)17-3-2-12-27-17/h2-5,12-13H,6-11H2,1H3. The number of amides is 2. The smallest absolute Gasteiger partial charge is 0.264 e. The molecule has 2 aliphatic heterocycles. The van der Waals surface area contributed by atoms with E-state index in [0.717, 1.165) is 5.56 Å². The van der Waals surface area contributed by atoms with Crippen LogP contribution in [0.5, 0.6) is 0 Å². The molecule has 0 radical (unpaired) electrons. The highest BCUT2D eigenvalue weighted by Gasteiger charge is 2.29. The SMILES string of the molecule is CS(=O)(=O)N1CCc2cc(C(=O)N3CCN(C(=O)c4cccs4)CC3)ccc21. The van der Waals surface area contributed by atoms with E-state index < -0.39 is 10.0 Å². The van der Waals surface area contributed by atoms with Crippen molar-refractivity contribution in [2.45, 2.75) is 6.42 Å². The summed E-state index contributed by atoms with van der Waals surface area (Å²) in [5.74, 6) is -0.0654. The predicted octanol–water partition coefficient (Wildman–Crippen LogP) is 1.67. The number of anilines is 1. The Hall–Kier alpha value is -2.39. The quantitative estimate of drug-likeness (QED) is 0.758. The normalized spacial score (nSPS) is 17.0. The van der Waals surface area contributed by atoms with Crippen molar-refractivity contribution in [3.05, 3.63) is 51.7 Å². The van der Waals surface area contributed by atoms with Gasteiger partial charge in [0.05, 0.1) is 16.8 Å². The molecule has 1 aromatic heterocycles. The van der Waals surface area contributed by atoms with Gasteiger partial charge in [-0.2, -0.15) is 0 Å². The van der Waals surface area contributed by atoms with Gasteiger partial charge in [-0.3, -0.25) is 13.9 Å². The molecule has 9 heteroatoms. The van der Waals surface area contributed by atoms with Gasteiger partial charge in [-0.1, -0.05) is 6.07 Å². The number of rotatable bonds is 3. The molecule has 1 saturated heterocycles. The maximum atomic E-state index is 12.9. The number of fused-ring (bicyclic) bond motifs is 1. The topological polar surface area (TPSA) is 78.0 Å². The van der Waals surface area contributed by atoms with Crippen LogP contribution in [0.15, 0.2) is 35.7 Å². The lowest BCUT2D eigenvalue weighted by molar-refractivity contribution is 0.0538. The van der Waals surface area contributed by atoms with Crippen LogP contribution in [0, 0.1) is 0 Å². The molecule has 28 heavy (non-hydrogen) atoms. The minimum absolute atomic E-state index is 0.0143. The van der Waals surface area contributed by atoms with Crippen LogP contribution in [0.25, 0.3) is 0 Å². The lowest BCUT2D eigenvalue weighted by Crippen LogP contribution is -2.50. The van der Waals surface area contributed by atoms with E-state index in [4.69, 9.17) is 0 Å². The molecular weight excluding hydrogens is 398 g/mol. The molecule has 0 bridgehead atoms. The maximum absolute atomic E-state index is 12.9. The number of benzene rings is 1. The van der Waals surface area contributed by atoms with Gasteiger partial charge in [-0.05, 0) is 41.6 Å². The number of carbonyl (C=O) groups excluding carboxylic acids is 2. The summed E-state index contributed by atoms with van der Waals surface area (Å²) in [4.78, 5) is 29.6. The van der Waals surface area contributed by atoms with Crippen LogP contribution in [0.1, 0.15) is 25.6 Å². The van der Waals surface area contributed by atoms with Gasteiger partial charge in [0, 0.05) is 38.3 Å². The van der Waals surface area contributed by atoms with E-state index in [-0.39, 0.29) is 11.8 Å². The zero-order chi connectivity index (χ0) is 19.9. The lowest BCUT2D eigenvalue weighted by atomic mass is 10.1. The molecule has 148 valence electrons. The Bertz CT molecular complexity index is 1010. The van der Waals surface area contributed by atoms with Crippen molar-refractivity contribution in [3.8, 4) is 0 Å². The number of hydrogen-bond acceptors (Lipinski definition) is 5. The molecule has 3 heterocycles. The Morgan fingerprint density at radius 1 is 0.964 bits per heavy atom. The van der Waals surface area contributed by atoms with Crippen molar-refractivity contribution in [3.63, 3.8) is 0 Å². The Labute approximate surface area is 168 Å². The van der Waals surface area contributed by atoms with Gasteiger partial charge in [0.2, 0.25) is 10.0 Å². The molecule has 7 nitrogen and oxygen atoms in total. The van der Waals surface area contributed by atoms with Gasteiger partial charge in [-0.15, -0.1) is 11.3 Å². The fourth-order valence-corrected chi connectivity index (χ4v) is 5.35. The summed E-state index contributed by atoms with van der Waals surface area (Å²) in [5.41, 5.74) is 2.10. The van der Waals surface area contributed by atoms with Crippen molar-refractivity contribution in [1.82, 2.24) is 9.80 Å². The average molecular weight is 420 g/mol.